The van der Waals surface area contributed by atoms with Gasteiger partial charge in [0.1, 0.15) is 11.6 Å². The van der Waals surface area contributed by atoms with Gasteiger partial charge in [0.15, 0.2) is 0 Å². The summed E-state index contributed by atoms with van der Waals surface area (Å²) < 4.78 is 0. The summed E-state index contributed by atoms with van der Waals surface area (Å²) in [5.41, 5.74) is 6.54. The molecule has 1 aliphatic heterocycles. The molecule has 1 aromatic carbocycles. The zero-order valence-electron chi connectivity index (χ0n) is 13.2. The summed E-state index contributed by atoms with van der Waals surface area (Å²) >= 11 is 0. The molecular weight excluding hydrogens is 288 g/mol. The Labute approximate surface area is 136 Å². The Morgan fingerprint density at radius 3 is 2.87 bits per heavy atom. The van der Waals surface area contributed by atoms with E-state index in [-0.39, 0.29) is 5.91 Å². The Morgan fingerprint density at radius 2 is 2.09 bits per heavy atom. The quantitative estimate of drug-likeness (QED) is 0.918. The summed E-state index contributed by atoms with van der Waals surface area (Å²) in [6, 6.07) is 12.2. The Hall–Kier alpha value is -2.43. The standard InChI is InChI=1S/C18H22N4O/c19-16(23)11-15-7-4-10-22(13-15)18-8-9-20-17(21-18)12-14-5-2-1-3-6-14/h1-3,5-6,8-9,15H,4,7,10-13H2,(H2,19,23). The third kappa shape index (κ3) is 4.28. The lowest BCUT2D eigenvalue weighted by atomic mass is 9.94. The number of anilines is 1. The van der Waals surface area contributed by atoms with Crippen molar-refractivity contribution in [3.05, 3.63) is 54.0 Å². The van der Waals surface area contributed by atoms with Crippen LogP contribution in [0, 0.1) is 5.92 Å². The number of aromatic nitrogens is 2. The highest BCUT2D eigenvalue weighted by Crippen LogP contribution is 2.23. The molecule has 1 saturated heterocycles. The van der Waals surface area contributed by atoms with Gasteiger partial charge in [0.25, 0.3) is 0 Å². The summed E-state index contributed by atoms with van der Waals surface area (Å²) in [4.78, 5) is 22.5. The van der Waals surface area contributed by atoms with Crippen LogP contribution in [0.1, 0.15) is 30.7 Å². The second kappa shape index (κ2) is 7.22. The van der Waals surface area contributed by atoms with Crippen LogP contribution in [0.5, 0.6) is 0 Å². The highest BCUT2D eigenvalue weighted by Gasteiger charge is 2.22. The zero-order chi connectivity index (χ0) is 16.1. The van der Waals surface area contributed by atoms with Crippen LogP contribution in [0.25, 0.3) is 0 Å². The van der Waals surface area contributed by atoms with E-state index in [1.165, 1.54) is 5.56 Å². The summed E-state index contributed by atoms with van der Waals surface area (Å²) in [6.45, 7) is 1.81. The molecule has 0 spiro atoms. The normalized spacial score (nSPS) is 17.9. The van der Waals surface area contributed by atoms with Crippen molar-refractivity contribution in [2.45, 2.75) is 25.7 Å². The lowest BCUT2D eigenvalue weighted by Crippen LogP contribution is -2.37. The number of benzene rings is 1. The molecule has 1 fully saturated rings. The number of amides is 1. The molecule has 0 saturated carbocycles. The van der Waals surface area contributed by atoms with E-state index in [9.17, 15) is 4.79 Å². The zero-order valence-corrected chi connectivity index (χ0v) is 13.2. The number of primary amides is 1. The van der Waals surface area contributed by atoms with Gasteiger partial charge in [0.2, 0.25) is 5.91 Å². The molecule has 120 valence electrons. The number of carbonyl (C=O) groups is 1. The fourth-order valence-electron chi connectivity index (χ4n) is 3.15. The largest absolute Gasteiger partial charge is 0.370 e. The summed E-state index contributed by atoms with van der Waals surface area (Å²) in [5.74, 6) is 1.88. The summed E-state index contributed by atoms with van der Waals surface area (Å²) in [6.07, 6.45) is 5.13. The third-order valence-electron chi connectivity index (χ3n) is 4.23. The average Bonchev–Trinajstić information content (AvgIpc) is 2.56. The number of hydrogen-bond donors (Lipinski definition) is 1. The van der Waals surface area contributed by atoms with Crippen molar-refractivity contribution in [2.24, 2.45) is 11.7 Å². The lowest BCUT2D eigenvalue weighted by Gasteiger charge is -2.33. The molecule has 2 heterocycles. The minimum absolute atomic E-state index is 0.218. The van der Waals surface area contributed by atoms with E-state index >= 15 is 0 Å². The van der Waals surface area contributed by atoms with Crippen LogP contribution >= 0.6 is 0 Å². The van der Waals surface area contributed by atoms with E-state index in [1.54, 1.807) is 0 Å². The predicted octanol–water partition coefficient (Wildman–Crippen LogP) is 2.16. The van der Waals surface area contributed by atoms with Crippen molar-refractivity contribution in [1.29, 1.82) is 0 Å². The molecule has 1 unspecified atom stereocenters. The number of piperidine rings is 1. The van der Waals surface area contributed by atoms with Gasteiger partial charge in [-0.3, -0.25) is 4.79 Å². The van der Waals surface area contributed by atoms with Gasteiger partial charge in [0.05, 0.1) is 0 Å². The summed E-state index contributed by atoms with van der Waals surface area (Å²) in [5, 5.41) is 0. The van der Waals surface area contributed by atoms with Crippen LogP contribution in [-0.2, 0) is 11.2 Å². The first-order valence-electron chi connectivity index (χ1n) is 8.10. The van der Waals surface area contributed by atoms with E-state index in [0.717, 1.165) is 44.0 Å². The van der Waals surface area contributed by atoms with Crippen molar-refractivity contribution < 1.29 is 4.79 Å². The van der Waals surface area contributed by atoms with E-state index in [2.05, 4.69) is 22.0 Å². The second-order valence-electron chi connectivity index (χ2n) is 6.12. The Morgan fingerprint density at radius 1 is 1.26 bits per heavy atom. The molecule has 1 atom stereocenters. The van der Waals surface area contributed by atoms with Crippen LogP contribution < -0.4 is 10.6 Å². The first-order chi connectivity index (χ1) is 11.2. The fourth-order valence-corrected chi connectivity index (χ4v) is 3.15. The number of carbonyl (C=O) groups excluding carboxylic acids is 1. The lowest BCUT2D eigenvalue weighted by molar-refractivity contribution is -0.118. The van der Waals surface area contributed by atoms with Gasteiger partial charge in [0, 0.05) is 32.1 Å². The van der Waals surface area contributed by atoms with Gasteiger partial charge in [-0.1, -0.05) is 30.3 Å². The van der Waals surface area contributed by atoms with Crippen LogP contribution in [0.2, 0.25) is 0 Å². The number of rotatable bonds is 5. The molecule has 0 aliphatic carbocycles. The average molecular weight is 310 g/mol. The maximum atomic E-state index is 11.1. The van der Waals surface area contributed by atoms with Gasteiger partial charge >= 0.3 is 0 Å². The molecule has 1 aliphatic rings. The molecule has 23 heavy (non-hydrogen) atoms. The van der Waals surface area contributed by atoms with Gasteiger partial charge in [-0.2, -0.15) is 0 Å². The maximum absolute atomic E-state index is 11.1. The van der Waals surface area contributed by atoms with E-state index in [1.807, 2.05) is 30.5 Å². The van der Waals surface area contributed by atoms with Crippen molar-refractivity contribution in [2.75, 3.05) is 18.0 Å². The topological polar surface area (TPSA) is 72.1 Å². The molecule has 1 aromatic heterocycles. The number of nitrogens with two attached hydrogens (primary N) is 1. The second-order valence-corrected chi connectivity index (χ2v) is 6.12. The highest BCUT2D eigenvalue weighted by atomic mass is 16.1. The Balaban J connectivity index is 1.70. The fraction of sp³-hybridized carbons (Fsp3) is 0.389. The highest BCUT2D eigenvalue weighted by molar-refractivity contribution is 5.74. The minimum atomic E-state index is -0.218. The molecule has 2 aromatic rings. The van der Waals surface area contributed by atoms with E-state index < -0.39 is 0 Å². The third-order valence-corrected chi connectivity index (χ3v) is 4.23. The van der Waals surface area contributed by atoms with E-state index in [0.29, 0.717) is 12.3 Å². The smallest absolute Gasteiger partial charge is 0.217 e. The van der Waals surface area contributed by atoms with Gasteiger partial charge in [-0.15, -0.1) is 0 Å². The number of hydrogen-bond acceptors (Lipinski definition) is 4. The van der Waals surface area contributed by atoms with Crippen molar-refractivity contribution in [3.8, 4) is 0 Å². The Kier molecular flexibility index (Phi) is 4.86. The van der Waals surface area contributed by atoms with Gasteiger partial charge in [-0.05, 0) is 30.4 Å². The summed E-state index contributed by atoms with van der Waals surface area (Å²) in [7, 11) is 0. The van der Waals surface area contributed by atoms with Gasteiger partial charge in [-0.25, -0.2) is 9.97 Å². The molecule has 5 heteroatoms. The van der Waals surface area contributed by atoms with Crippen molar-refractivity contribution >= 4 is 11.7 Å². The van der Waals surface area contributed by atoms with Crippen LogP contribution in [-0.4, -0.2) is 29.0 Å². The van der Waals surface area contributed by atoms with Crippen molar-refractivity contribution in [1.82, 2.24) is 9.97 Å². The minimum Gasteiger partial charge on any atom is -0.370 e. The SMILES string of the molecule is NC(=O)CC1CCCN(c2ccnc(Cc3ccccc3)n2)C1. The first-order valence-corrected chi connectivity index (χ1v) is 8.10. The monoisotopic (exact) mass is 310 g/mol. The molecule has 2 N–H and O–H groups in total. The Bertz CT molecular complexity index is 659. The molecule has 1 amide bonds. The van der Waals surface area contributed by atoms with Gasteiger partial charge < -0.3 is 10.6 Å². The van der Waals surface area contributed by atoms with Crippen LogP contribution in [0.3, 0.4) is 0 Å². The van der Waals surface area contributed by atoms with Crippen molar-refractivity contribution in [3.63, 3.8) is 0 Å². The maximum Gasteiger partial charge on any atom is 0.217 e. The molecule has 0 radical (unpaired) electrons. The molecular formula is C18H22N4O. The first kappa shape index (κ1) is 15.5. The van der Waals surface area contributed by atoms with E-state index in [4.69, 9.17) is 10.7 Å². The molecule has 0 bridgehead atoms. The predicted molar refractivity (Wildman–Crippen MR) is 90.0 cm³/mol. The number of nitrogens with zero attached hydrogens (tertiary/aromatic N) is 3. The molecule has 3 rings (SSSR count). The van der Waals surface area contributed by atoms with Crippen LogP contribution in [0.15, 0.2) is 42.6 Å². The van der Waals surface area contributed by atoms with Crippen LogP contribution in [0.4, 0.5) is 5.82 Å². The molecule has 5 nitrogen and oxygen atoms in total.